The normalized spacial score (nSPS) is 22.6. The summed E-state index contributed by atoms with van der Waals surface area (Å²) in [5.74, 6) is 0.0142. The molecule has 0 N–H and O–H groups in total. The standard InChI is InChI=1S/C24H27F3N4O2S/c1-4-33-14-23-7-8-30(22(32)21-15(2)29-16(3)34-21)11-18(23)12-31(13-23)19-6-5-17(10-28)20(9-19)24(25,26)27/h5-6,9,18H,4,7-8,11-14H2,1-3H3. The number of thiazole rings is 1. The van der Waals surface area contributed by atoms with Gasteiger partial charge in [-0.1, -0.05) is 0 Å². The van der Waals surface area contributed by atoms with Crippen molar-refractivity contribution in [3.05, 3.63) is 44.9 Å². The van der Waals surface area contributed by atoms with Crippen LogP contribution in [0.2, 0.25) is 0 Å². The number of hydrogen-bond acceptors (Lipinski definition) is 6. The largest absolute Gasteiger partial charge is 0.417 e. The molecule has 0 aliphatic carbocycles. The highest BCUT2D eigenvalue weighted by molar-refractivity contribution is 7.13. The predicted octanol–water partition coefficient (Wildman–Crippen LogP) is 4.66. The molecule has 2 saturated heterocycles. The lowest BCUT2D eigenvalue weighted by Gasteiger charge is -2.43. The molecule has 2 fully saturated rings. The summed E-state index contributed by atoms with van der Waals surface area (Å²) >= 11 is 1.39. The van der Waals surface area contributed by atoms with Gasteiger partial charge in [0.05, 0.1) is 34.5 Å². The van der Waals surface area contributed by atoms with Crippen LogP contribution < -0.4 is 4.90 Å². The van der Waals surface area contributed by atoms with Crippen molar-refractivity contribution in [2.75, 3.05) is 44.3 Å². The molecule has 6 nitrogen and oxygen atoms in total. The molecule has 3 heterocycles. The van der Waals surface area contributed by atoms with Gasteiger partial charge >= 0.3 is 6.18 Å². The van der Waals surface area contributed by atoms with E-state index in [0.717, 1.165) is 16.8 Å². The third-order valence-electron chi connectivity index (χ3n) is 6.91. The van der Waals surface area contributed by atoms with Crippen LogP contribution in [0.4, 0.5) is 18.9 Å². The molecule has 1 aromatic heterocycles. The second kappa shape index (κ2) is 9.19. The number of ether oxygens (including phenoxy) is 1. The number of aromatic nitrogens is 1. The van der Waals surface area contributed by atoms with Crippen LogP contribution in [0, 0.1) is 36.5 Å². The van der Waals surface area contributed by atoms with Crippen molar-refractivity contribution in [3.63, 3.8) is 0 Å². The fraction of sp³-hybridized carbons (Fsp3) is 0.542. The van der Waals surface area contributed by atoms with E-state index in [1.54, 1.807) is 12.1 Å². The zero-order valence-electron chi connectivity index (χ0n) is 19.4. The quantitative estimate of drug-likeness (QED) is 0.608. The molecule has 182 valence electrons. The summed E-state index contributed by atoms with van der Waals surface area (Å²) in [6, 6.07) is 5.52. The molecule has 34 heavy (non-hydrogen) atoms. The fourth-order valence-electron chi connectivity index (χ4n) is 5.14. The van der Waals surface area contributed by atoms with Crippen LogP contribution in [0.3, 0.4) is 0 Å². The number of nitrogens with zero attached hydrogens (tertiary/aromatic N) is 4. The van der Waals surface area contributed by atoms with Gasteiger partial charge in [-0.05, 0) is 45.4 Å². The van der Waals surface area contributed by atoms with Gasteiger partial charge in [0, 0.05) is 49.8 Å². The van der Waals surface area contributed by atoms with Gasteiger partial charge in [-0.15, -0.1) is 11.3 Å². The summed E-state index contributed by atoms with van der Waals surface area (Å²) in [6.07, 6.45) is -3.90. The zero-order valence-corrected chi connectivity index (χ0v) is 20.2. The Hall–Kier alpha value is -2.64. The number of alkyl halides is 3. The van der Waals surface area contributed by atoms with Gasteiger partial charge in [-0.3, -0.25) is 4.79 Å². The van der Waals surface area contributed by atoms with Crippen molar-refractivity contribution in [1.82, 2.24) is 9.88 Å². The van der Waals surface area contributed by atoms with Crippen LogP contribution in [0.5, 0.6) is 0 Å². The van der Waals surface area contributed by atoms with E-state index in [1.807, 2.05) is 30.6 Å². The van der Waals surface area contributed by atoms with E-state index in [9.17, 15) is 18.0 Å². The lowest BCUT2D eigenvalue weighted by molar-refractivity contribution is -0.137. The first-order chi connectivity index (χ1) is 16.1. The summed E-state index contributed by atoms with van der Waals surface area (Å²) in [5.41, 5.74) is -0.400. The monoisotopic (exact) mass is 492 g/mol. The van der Waals surface area contributed by atoms with Crippen LogP contribution in [0.25, 0.3) is 0 Å². The summed E-state index contributed by atoms with van der Waals surface area (Å²) in [4.78, 5) is 22.0. The van der Waals surface area contributed by atoms with Gasteiger partial charge < -0.3 is 14.5 Å². The number of benzene rings is 1. The minimum absolute atomic E-state index is 0.0377. The van der Waals surface area contributed by atoms with Gasteiger partial charge in [-0.25, -0.2) is 4.98 Å². The lowest BCUT2D eigenvalue weighted by Crippen LogP contribution is -2.51. The molecule has 0 spiro atoms. The molecule has 2 atom stereocenters. The number of amides is 1. The van der Waals surface area contributed by atoms with Crippen molar-refractivity contribution in [2.45, 2.75) is 33.4 Å². The second-order valence-electron chi connectivity index (χ2n) is 9.06. The van der Waals surface area contributed by atoms with Crippen molar-refractivity contribution in [3.8, 4) is 6.07 Å². The fourth-order valence-corrected chi connectivity index (χ4v) is 6.03. The Kier molecular flexibility index (Phi) is 6.62. The second-order valence-corrected chi connectivity index (χ2v) is 10.3. The molecule has 0 radical (unpaired) electrons. The number of likely N-dealkylation sites (tertiary alicyclic amines) is 1. The summed E-state index contributed by atoms with van der Waals surface area (Å²) in [7, 11) is 0. The zero-order chi connectivity index (χ0) is 24.7. The number of aryl methyl sites for hydroxylation is 2. The van der Waals surface area contributed by atoms with Gasteiger partial charge in [0.2, 0.25) is 0 Å². The molecule has 2 unspecified atom stereocenters. The van der Waals surface area contributed by atoms with E-state index in [1.165, 1.54) is 17.4 Å². The Balaban J connectivity index is 1.60. The maximum Gasteiger partial charge on any atom is 0.417 e. The van der Waals surface area contributed by atoms with Crippen LogP contribution in [0.15, 0.2) is 18.2 Å². The highest BCUT2D eigenvalue weighted by atomic mass is 32.1. The van der Waals surface area contributed by atoms with E-state index in [-0.39, 0.29) is 22.8 Å². The van der Waals surface area contributed by atoms with Crippen molar-refractivity contribution in [2.24, 2.45) is 11.3 Å². The topological polar surface area (TPSA) is 69.5 Å². The Labute approximate surface area is 200 Å². The van der Waals surface area contributed by atoms with E-state index in [2.05, 4.69) is 4.98 Å². The summed E-state index contributed by atoms with van der Waals surface area (Å²) in [5, 5.41) is 9.96. The number of halogens is 3. The highest BCUT2D eigenvalue weighted by Crippen LogP contribution is 2.46. The Morgan fingerprint density at radius 1 is 1.35 bits per heavy atom. The molecule has 1 amide bonds. The van der Waals surface area contributed by atoms with E-state index in [4.69, 9.17) is 10.00 Å². The molecule has 0 saturated carbocycles. The van der Waals surface area contributed by atoms with Gasteiger partial charge in [0.25, 0.3) is 5.91 Å². The maximum absolute atomic E-state index is 13.5. The summed E-state index contributed by atoms with van der Waals surface area (Å²) < 4.78 is 46.4. The smallest absolute Gasteiger partial charge is 0.381 e. The average Bonchev–Trinajstić information content (AvgIpc) is 3.35. The van der Waals surface area contributed by atoms with Crippen LogP contribution in [-0.4, -0.2) is 55.2 Å². The number of piperidine rings is 1. The average molecular weight is 493 g/mol. The van der Waals surface area contributed by atoms with Crippen LogP contribution >= 0.6 is 11.3 Å². The Morgan fingerprint density at radius 2 is 2.12 bits per heavy atom. The number of carbonyl (C=O) groups is 1. The number of carbonyl (C=O) groups excluding carboxylic acids is 1. The highest BCUT2D eigenvalue weighted by Gasteiger charge is 2.51. The molecule has 0 bridgehead atoms. The molecule has 4 rings (SSSR count). The summed E-state index contributed by atoms with van der Waals surface area (Å²) in [6.45, 7) is 8.80. The number of fused-ring (bicyclic) bond motifs is 1. The molecule has 2 aromatic rings. The molecule has 2 aliphatic heterocycles. The first-order valence-electron chi connectivity index (χ1n) is 11.3. The molecular weight excluding hydrogens is 465 g/mol. The lowest BCUT2D eigenvalue weighted by atomic mass is 9.73. The first-order valence-corrected chi connectivity index (χ1v) is 12.1. The number of hydrogen-bond donors (Lipinski definition) is 0. The van der Waals surface area contributed by atoms with Gasteiger partial charge in [-0.2, -0.15) is 18.4 Å². The van der Waals surface area contributed by atoms with Crippen LogP contribution in [-0.2, 0) is 10.9 Å². The molecule has 10 heteroatoms. The van der Waals surface area contributed by atoms with Gasteiger partial charge in [0.15, 0.2) is 0 Å². The minimum Gasteiger partial charge on any atom is -0.381 e. The van der Waals surface area contributed by atoms with Crippen molar-refractivity contribution < 1.29 is 22.7 Å². The maximum atomic E-state index is 13.5. The number of anilines is 1. The van der Waals surface area contributed by atoms with E-state index in [0.29, 0.717) is 56.4 Å². The van der Waals surface area contributed by atoms with E-state index < -0.39 is 11.7 Å². The Morgan fingerprint density at radius 3 is 2.74 bits per heavy atom. The Bertz CT molecular complexity index is 1130. The SMILES string of the molecule is CCOCC12CCN(C(=O)c3sc(C)nc3C)CC1CN(c1ccc(C#N)c(C(F)(F)F)c1)C2. The predicted molar refractivity (Wildman–Crippen MR) is 123 cm³/mol. The van der Waals surface area contributed by atoms with Crippen molar-refractivity contribution in [1.29, 1.82) is 5.26 Å². The van der Waals surface area contributed by atoms with Crippen molar-refractivity contribution >= 4 is 22.9 Å². The van der Waals surface area contributed by atoms with E-state index >= 15 is 0 Å². The third kappa shape index (κ3) is 4.51. The number of rotatable bonds is 5. The van der Waals surface area contributed by atoms with Crippen LogP contribution in [0.1, 0.15) is 44.8 Å². The first kappa shape index (κ1) is 24.5. The van der Waals surface area contributed by atoms with Gasteiger partial charge in [0.1, 0.15) is 4.88 Å². The molecule has 1 aromatic carbocycles. The number of nitriles is 1. The molecule has 2 aliphatic rings. The minimum atomic E-state index is -4.61. The third-order valence-corrected chi connectivity index (χ3v) is 7.97. The molecular formula is C24H27F3N4O2S.